The van der Waals surface area contributed by atoms with Crippen LogP contribution in [0.4, 0.5) is 0 Å². The standard InChI is InChI=1S/C17H16N4O4/c22-16(19-10-12-3-5-18-6-4-12)17(23)21-20-11-13-1-2-14-15(9-13)25-8-7-24-14/h1-6,9,11H,7-8,10H2,(H,19,22)(H,21,23)/b20-11+. The molecule has 8 heteroatoms. The van der Waals surface area contributed by atoms with Gasteiger partial charge in [-0.1, -0.05) is 0 Å². The van der Waals surface area contributed by atoms with Crippen molar-refractivity contribution >= 4 is 18.0 Å². The van der Waals surface area contributed by atoms with Gasteiger partial charge in [-0.2, -0.15) is 5.10 Å². The number of aromatic nitrogens is 1. The molecule has 0 aliphatic carbocycles. The molecule has 0 unspecified atom stereocenters. The normalized spacial score (nSPS) is 12.6. The molecule has 0 atom stereocenters. The maximum Gasteiger partial charge on any atom is 0.329 e. The molecule has 1 aromatic carbocycles. The number of hydrogen-bond acceptors (Lipinski definition) is 6. The van der Waals surface area contributed by atoms with Crippen LogP contribution in [0.2, 0.25) is 0 Å². The Labute approximate surface area is 143 Å². The van der Waals surface area contributed by atoms with Gasteiger partial charge in [-0.3, -0.25) is 14.6 Å². The minimum Gasteiger partial charge on any atom is -0.486 e. The maximum atomic E-state index is 11.7. The summed E-state index contributed by atoms with van der Waals surface area (Å²) in [6.45, 7) is 1.24. The first-order valence-electron chi connectivity index (χ1n) is 7.62. The van der Waals surface area contributed by atoms with E-state index < -0.39 is 11.8 Å². The molecule has 2 aromatic rings. The van der Waals surface area contributed by atoms with Crippen LogP contribution in [-0.2, 0) is 16.1 Å². The summed E-state index contributed by atoms with van der Waals surface area (Å²) < 4.78 is 10.9. The molecule has 128 valence electrons. The van der Waals surface area contributed by atoms with Gasteiger partial charge in [-0.05, 0) is 41.5 Å². The molecule has 1 aromatic heterocycles. The Morgan fingerprint density at radius 1 is 1.08 bits per heavy atom. The first kappa shape index (κ1) is 16.4. The zero-order valence-electron chi connectivity index (χ0n) is 13.3. The van der Waals surface area contributed by atoms with Crippen molar-refractivity contribution in [2.24, 2.45) is 5.10 Å². The summed E-state index contributed by atoms with van der Waals surface area (Å²) in [4.78, 5) is 27.3. The third kappa shape index (κ3) is 4.54. The van der Waals surface area contributed by atoms with Crippen LogP contribution in [0.5, 0.6) is 11.5 Å². The summed E-state index contributed by atoms with van der Waals surface area (Å²) in [5.74, 6) is -0.321. The summed E-state index contributed by atoms with van der Waals surface area (Å²) >= 11 is 0. The lowest BCUT2D eigenvalue weighted by molar-refractivity contribution is -0.139. The Kier molecular flexibility index (Phi) is 5.20. The number of fused-ring (bicyclic) bond motifs is 1. The monoisotopic (exact) mass is 340 g/mol. The van der Waals surface area contributed by atoms with Gasteiger partial charge in [0.05, 0.1) is 6.21 Å². The fraction of sp³-hybridized carbons (Fsp3) is 0.176. The minimum absolute atomic E-state index is 0.237. The van der Waals surface area contributed by atoms with Crippen molar-refractivity contribution in [3.8, 4) is 11.5 Å². The first-order chi connectivity index (χ1) is 12.2. The molecule has 0 saturated heterocycles. The summed E-state index contributed by atoms with van der Waals surface area (Å²) in [5, 5.41) is 6.27. The first-order valence-corrected chi connectivity index (χ1v) is 7.62. The molecule has 1 aliphatic heterocycles. The number of hydrogen-bond donors (Lipinski definition) is 2. The summed E-state index contributed by atoms with van der Waals surface area (Å²) in [6, 6.07) is 8.77. The van der Waals surface area contributed by atoms with Crippen molar-refractivity contribution in [3.63, 3.8) is 0 Å². The van der Waals surface area contributed by atoms with E-state index in [1.165, 1.54) is 6.21 Å². The van der Waals surface area contributed by atoms with E-state index in [9.17, 15) is 9.59 Å². The summed E-state index contributed by atoms with van der Waals surface area (Å²) in [5.41, 5.74) is 3.73. The lowest BCUT2D eigenvalue weighted by Crippen LogP contribution is -2.37. The lowest BCUT2D eigenvalue weighted by Gasteiger charge is -2.18. The van der Waals surface area contributed by atoms with Gasteiger partial charge in [0.1, 0.15) is 13.2 Å². The molecular formula is C17H16N4O4. The summed E-state index contributed by atoms with van der Waals surface area (Å²) in [7, 11) is 0. The molecule has 0 bridgehead atoms. The van der Waals surface area contributed by atoms with Crippen molar-refractivity contribution < 1.29 is 19.1 Å². The second-order valence-electron chi connectivity index (χ2n) is 5.14. The lowest BCUT2D eigenvalue weighted by atomic mass is 10.2. The van der Waals surface area contributed by atoms with E-state index in [0.717, 1.165) is 5.56 Å². The van der Waals surface area contributed by atoms with Crippen molar-refractivity contribution in [3.05, 3.63) is 53.9 Å². The van der Waals surface area contributed by atoms with Crippen molar-refractivity contribution in [1.29, 1.82) is 0 Å². The van der Waals surface area contributed by atoms with Crippen molar-refractivity contribution in [1.82, 2.24) is 15.7 Å². The minimum atomic E-state index is -0.845. The second-order valence-corrected chi connectivity index (χ2v) is 5.14. The van der Waals surface area contributed by atoms with Gasteiger partial charge in [0.2, 0.25) is 0 Å². The van der Waals surface area contributed by atoms with Gasteiger partial charge in [-0.25, -0.2) is 5.43 Å². The smallest absolute Gasteiger partial charge is 0.329 e. The van der Waals surface area contributed by atoms with Gasteiger partial charge >= 0.3 is 11.8 Å². The zero-order valence-corrected chi connectivity index (χ0v) is 13.3. The number of nitrogens with zero attached hydrogens (tertiary/aromatic N) is 2. The molecule has 1 aliphatic rings. The van der Waals surface area contributed by atoms with Gasteiger partial charge in [0, 0.05) is 18.9 Å². The van der Waals surface area contributed by atoms with Crippen LogP contribution in [0.25, 0.3) is 0 Å². The topological polar surface area (TPSA) is 102 Å². The predicted molar refractivity (Wildman–Crippen MR) is 89.3 cm³/mol. The van der Waals surface area contributed by atoms with Crippen molar-refractivity contribution in [2.45, 2.75) is 6.54 Å². The number of carbonyl (C=O) groups excluding carboxylic acids is 2. The third-order valence-corrected chi connectivity index (χ3v) is 3.35. The Morgan fingerprint density at radius 3 is 2.64 bits per heavy atom. The number of amides is 2. The average Bonchev–Trinajstić information content (AvgIpc) is 2.66. The fourth-order valence-electron chi connectivity index (χ4n) is 2.12. The molecular weight excluding hydrogens is 324 g/mol. The highest BCUT2D eigenvalue weighted by molar-refractivity contribution is 6.35. The van der Waals surface area contributed by atoms with E-state index in [0.29, 0.717) is 30.3 Å². The molecule has 25 heavy (non-hydrogen) atoms. The van der Waals surface area contributed by atoms with Gasteiger partial charge in [0.25, 0.3) is 0 Å². The van der Waals surface area contributed by atoms with E-state index in [1.807, 2.05) is 0 Å². The number of hydrazone groups is 1. The zero-order chi connectivity index (χ0) is 17.5. The van der Waals surface area contributed by atoms with Crippen LogP contribution in [0.1, 0.15) is 11.1 Å². The molecule has 2 N–H and O–H groups in total. The molecule has 0 fully saturated rings. The summed E-state index contributed by atoms with van der Waals surface area (Å²) in [6.07, 6.45) is 4.64. The molecule has 3 rings (SSSR count). The maximum absolute atomic E-state index is 11.7. The van der Waals surface area contributed by atoms with E-state index in [1.54, 1.807) is 42.7 Å². The van der Waals surface area contributed by atoms with Crippen molar-refractivity contribution in [2.75, 3.05) is 13.2 Å². The molecule has 2 amide bonds. The Morgan fingerprint density at radius 2 is 1.84 bits per heavy atom. The highest BCUT2D eigenvalue weighted by Crippen LogP contribution is 2.30. The van der Waals surface area contributed by atoms with Gasteiger partial charge < -0.3 is 14.8 Å². The van der Waals surface area contributed by atoms with Crippen LogP contribution < -0.4 is 20.2 Å². The van der Waals surface area contributed by atoms with E-state index >= 15 is 0 Å². The number of nitrogens with one attached hydrogen (secondary N) is 2. The molecule has 8 nitrogen and oxygen atoms in total. The molecule has 0 saturated carbocycles. The molecule has 0 spiro atoms. The SMILES string of the molecule is O=C(NCc1ccncc1)C(=O)N/N=C/c1ccc2c(c1)OCCO2. The quantitative estimate of drug-likeness (QED) is 0.483. The van der Waals surface area contributed by atoms with E-state index in [4.69, 9.17) is 9.47 Å². The third-order valence-electron chi connectivity index (χ3n) is 3.35. The number of pyridine rings is 1. The molecule has 2 heterocycles. The van der Waals surface area contributed by atoms with Crippen LogP contribution in [-0.4, -0.2) is 36.2 Å². The second kappa shape index (κ2) is 7.91. The van der Waals surface area contributed by atoms with E-state index in [2.05, 4.69) is 20.8 Å². The number of carbonyl (C=O) groups is 2. The molecule has 0 radical (unpaired) electrons. The Balaban J connectivity index is 1.49. The number of ether oxygens (including phenoxy) is 2. The van der Waals surface area contributed by atoms with Crippen LogP contribution >= 0.6 is 0 Å². The Hall–Kier alpha value is -3.42. The number of benzene rings is 1. The highest BCUT2D eigenvalue weighted by atomic mass is 16.6. The predicted octanol–water partition coefficient (Wildman–Crippen LogP) is 0.619. The van der Waals surface area contributed by atoms with Crippen LogP contribution in [0.15, 0.2) is 47.8 Å². The van der Waals surface area contributed by atoms with Gasteiger partial charge in [0.15, 0.2) is 11.5 Å². The Bertz CT molecular complexity index is 792. The largest absolute Gasteiger partial charge is 0.486 e. The van der Waals surface area contributed by atoms with Crippen LogP contribution in [0.3, 0.4) is 0 Å². The van der Waals surface area contributed by atoms with Gasteiger partial charge in [-0.15, -0.1) is 0 Å². The van der Waals surface area contributed by atoms with Crippen LogP contribution in [0, 0.1) is 0 Å². The highest BCUT2D eigenvalue weighted by Gasteiger charge is 2.13. The number of rotatable bonds is 4. The average molecular weight is 340 g/mol. The van der Waals surface area contributed by atoms with E-state index in [-0.39, 0.29) is 6.54 Å². The fourth-order valence-corrected chi connectivity index (χ4v) is 2.12.